The number of nitrogens with zero attached hydrogens (tertiary/aromatic N) is 1. The smallest absolute Gasteiger partial charge is 0.220 e. The summed E-state index contributed by atoms with van der Waals surface area (Å²) in [6.45, 7) is 0.517. The molecule has 0 saturated carbocycles. The number of carbonyl (C=O) groups is 1. The van der Waals surface area contributed by atoms with Crippen LogP contribution in [0.3, 0.4) is 0 Å². The fraction of sp³-hybridized carbons (Fsp3) is 0.222. The van der Waals surface area contributed by atoms with E-state index in [-0.39, 0.29) is 5.91 Å². The van der Waals surface area contributed by atoms with Crippen molar-refractivity contribution >= 4 is 17.5 Å². The first kappa shape index (κ1) is 16.3. The fourth-order valence-electron chi connectivity index (χ4n) is 2.29. The Morgan fingerprint density at radius 2 is 2.00 bits per heavy atom. The maximum absolute atomic E-state index is 11.8. The second kappa shape index (κ2) is 7.84. The summed E-state index contributed by atoms with van der Waals surface area (Å²) in [6, 6.07) is 12.9. The van der Waals surface area contributed by atoms with Crippen LogP contribution in [0.1, 0.15) is 17.9 Å². The maximum atomic E-state index is 11.8. The standard InChI is InChI=1S/C18H17ClN2O3/c19-14-5-3-13(4-6-14)17-12-15(21-24-17)9-10-20-18(22)8-7-16-2-1-11-23-16/h1-6,11-12H,7-10H2,(H,20,22). The average molecular weight is 345 g/mol. The molecular weight excluding hydrogens is 328 g/mol. The molecule has 0 bridgehead atoms. The molecule has 0 saturated heterocycles. The predicted molar refractivity (Wildman–Crippen MR) is 90.7 cm³/mol. The molecule has 2 aromatic heterocycles. The van der Waals surface area contributed by atoms with Gasteiger partial charge >= 0.3 is 0 Å². The minimum Gasteiger partial charge on any atom is -0.469 e. The SMILES string of the molecule is O=C(CCc1ccco1)NCCc1cc(-c2ccc(Cl)cc2)on1. The van der Waals surface area contributed by atoms with Crippen molar-refractivity contribution in [1.82, 2.24) is 10.5 Å². The van der Waals surface area contributed by atoms with Crippen molar-refractivity contribution < 1.29 is 13.7 Å². The Labute approximate surface area is 144 Å². The van der Waals surface area contributed by atoms with Crippen molar-refractivity contribution in [3.63, 3.8) is 0 Å². The van der Waals surface area contributed by atoms with Crippen molar-refractivity contribution in [2.75, 3.05) is 6.54 Å². The first-order valence-electron chi connectivity index (χ1n) is 7.71. The van der Waals surface area contributed by atoms with Gasteiger partial charge in [-0.05, 0) is 36.4 Å². The van der Waals surface area contributed by atoms with Gasteiger partial charge in [0.05, 0.1) is 12.0 Å². The van der Waals surface area contributed by atoms with E-state index in [1.807, 2.05) is 30.3 Å². The summed E-state index contributed by atoms with van der Waals surface area (Å²) in [5.41, 5.74) is 1.71. The van der Waals surface area contributed by atoms with Crippen LogP contribution in [0.2, 0.25) is 5.02 Å². The zero-order valence-corrected chi connectivity index (χ0v) is 13.8. The van der Waals surface area contributed by atoms with Crippen molar-refractivity contribution in [3.8, 4) is 11.3 Å². The van der Waals surface area contributed by atoms with Crippen molar-refractivity contribution in [2.45, 2.75) is 19.3 Å². The van der Waals surface area contributed by atoms with E-state index in [0.717, 1.165) is 17.0 Å². The van der Waals surface area contributed by atoms with Crippen LogP contribution in [0.4, 0.5) is 0 Å². The highest BCUT2D eigenvalue weighted by atomic mass is 35.5. The Hall–Kier alpha value is -2.53. The lowest BCUT2D eigenvalue weighted by molar-refractivity contribution is -0.121. The van der Waals surface area contributed by atoms with Crippen molar-refractivity contribution in [2.24, 2.45) is 0 Å². The highest BCUT2D eigenvalue weighted by Crippen LogP contribution is 2.22. The van der Waals surface area contributed by atoms with Gasteiger partial charge in [0, 0.05) is 42.5 Å². The van der Waals surface area contributed by atoms with E-state index >= 15 is 0 Å². The summed E-state index contributed by atoms with van der Waals surface area (Å²) in [5, 5.41) is 7.57. The Bertz CT molecular complexity index is 779. The molecule has 0 aliphatic carbocycles. The number of hydrogen-bond acceptors (Lipinski definition) is 4. The normalized spacial score (nSPS) is 10.7. The molecule has 2 heterocycles. The van der Waals surface area contributed by atoms with Gasteiger partial charge in [0.15, 0.2) is 5.76 Å². The van der Waals surface area contributed by atoms with Crippen LogP contribution in [0, 0.1) is 0 Å². The quantitative estimate of drug-likeness (QED) is 0.706. The summed E-state index contributed by atoms with van der Waals surface area (Å²) < 4.78 is 10.5. The predicted octanol–water partition coefficient (Wildman–Crippen LogP) is 3.88. The highest BCUT2D eigenvalue weighted by molar-refractivity contribution is 6.30. The van der Waals surface area contributed by atoms with Crippen LogP contribution < -0.4 is 5.32 Å². The first-order chi connectivity index (χ1) is 11.7. The highest BCUT2D eigenvalue weighted by Gasteiger charge is 2.08. The summed E-state index contributed by atoms with van der Waals surface area (Å²) in [5.74, 6) is 1.49. The van der Waals surface area contributed by atoms with Crippen LogP contribution in [0.15, 0.2) is 57.7 Å². The van der Waals surface area contributed by atoms with Crippen molar-refractivity contribution in [1.29, 1.82) is 0 Å². The molecule has 3 rings (SSSR count). The molecule has 0 aliphatic rings. The van der Waals surface area contributed by atoms with Crippen LogP contribution >= 0.6 is 11.6 Å². The molecule has 0 radical (unpaired) electrons. The number of aryl methyl sites for hydroxylation is 1. The van der Waals surface area contributed by atoms with E-state index in [1.165, 1.54) is 0 Å². The summed E-state index contributed by atoms with van der Waals surface area (Å²) in [4.78, 5) is 11.8. The average Bonchev–Trinajstić information content (AvgIpc) is 3.25. The van der Waals surface area contributed by atoms with Gasteiger partial charge in [-0.3, -0.25) is 4.79 Å². The second-order valence-corrected chi connectivity index (χ2v) is 5.81. The summed E-state index contributed by atoms with van der Waals surface area (Å²) in [6.07, 6.45) is 3.23. The molecule has 1 aromatic carbocycles. The third-order valence-electron chi connectivity index (χ3n) is 3.57. The van der Waals surface area contributed by atoms with Gasteiger partial charge in [-0.15, -0.1) is 0 Å². The molecule has 124 valence electrons. The minimum absolute atomic E-state index is 0.00665. The van der Waals surface area contributed by atoms with Crippen LogP contribution in [-0.4, -0.2) is 17.6 Å². The fourth-order valence-corrected chi connectivity index (χ4v) is 2.42. The van der Waals surface area contributed by atoms with E-state index < -0.39 is 0 Å². The van der Waals surface area contributed by atoms with Gasteiger partial charge in [-0.1, -0.05) is 16.8 Å². The molecule has 6 heteroatoms. The van der Waals surface area contributed by atoms with Crippen LogP contribution in [0.5, 0.6) is 0 Å². The molecular formula is C18H17ClN2O3. The lowest BCUT2D eigenvalue weighted by atomic mass is 10.1. The topological polar surface area (TPSA) is 68.3 Å². The van der Waals surface area contributed by atoms with E-state index in [1.54, 1.807) is 18.4 Å². The first-order valence-corrected chi connectivity index (χ1v) is 8.09. The van der Waals surface area contributed by atoms with E-state index in [4.69, 9.17) is 20.5 Å². The number of amides is 1. The number of halogens is 1. The van der Waals surface area contributed by atoms with Crippen molar-refractivity contribution in [3.05, 3.63) is 65.2 Å². The lowest BCUT2D eigenvalue weighted by Crippen LogP contribution is -2.25. The molecule has 0 spiro atoms. The molecule has 0 atom stereocenters. The minimum atomic E-state index is -0.00665. The van der Waals surface area contributed by atoms with Gasteiger partial charge < -0.3 is 14.3 Å². The number of carbonyl (C=O) groups excluding carboxylic acids is 1. The van der Waals surface area contributed by atoms with E-state index in [2.05, 4.69) is 10.5 Å². The molecule has 5 nitrogen and oxygen atoms in total. The third-order valence-corrected chi connectivity index (χ3v) is 3.82. The molecule has 1 N–H and O–H groups in total. The Balaban J connectivity index is 1.43. The molecule has 1 amide bonds. The maximum Gasteiger partial charge on any atom is 0.220 e. The monoisotopic (exact) mass is 344 g/mol. The Morgan fingerprint density at radius 1 is 1.17 bits per heavy atom. The zero-order valence-electron chi connectivity index (χ0n) is 13.0. The lowest BCUT2D eigenvalue weighted by Gasteiger charge is -2.02. The molecule has 0 unspecified atom stereocenters. The van der Waals surface area contributed by atoms with Crippen LogP contribution in [-0.2, 0) is 17.6 Å². The van der Waals surface area contributed by atoms with Gasteiger partial charge in [0.25, 0.3) is 0 Å². The Morgan fingerprint density at radius 3 is 2.75 bits per heavy atom. The summed E-state index contributed by atoms with van der Waals surface area (Å²) >= 11 is 5.87. The molecule has 3 aromatic rings. The number of nitrogens with one attached hydrogen (secondary N) is 1. The summed E-state index contributed by atoms with van der Waals surface area (Å²) in [7, 11) is 0. The van der Waals surface area contributed by atoms with Gasteiger partial charge in [0.1, 0.15) is 5.76 Å². The third kappa shape index (κ3) is 4.49. The van der Waals surface area contributed by atoms with Crippen LogP contribution in [0.25, 0.3) is 11.3 Å². The zero-order chi connectivity index (χ0) is 16.8. The Kier molecular flexibility index (Phi) is 5.33. The number of hydrogen-bond donors (Lipinski definition) is 1. The molecule has 0 fully saturated rings. The molecule has 0 aliphatic heterocycles. The van der Waals surface area contributed by atoms with Gasteiger partial charge in [-0.2, -0.15) is 0 Å². The largest absolute Gasteiger partial charge is 0.469 e. The molecule has 24 heavy (non-hydrogen) atoms. The van der Waals surface area contributed by atoms with Gasteiger partial charge in [0.2, 0.25) is 5.91 Å². The van der Waals surface area contributed by atoms with E-state index in [9.17, 15) is 4.79 Å². The van der Waals surface area contributed by atoms with E-state index in [0.29, 0.717) is 36.6 Å². The number of aromatic nitrogens is 1. The second-order valence-electron chi connectivity index (χ2n) is 5.37. The number of furan rings is 1. The van der Waals surface area contributed by atoms with Gasteiger partial charge in [-0.25, -0.2) is 0 Å². The number of rotatable bonds is 7. The number of benzene rings is 1.